The minimum Gasteiger partial charge on any atom is -0.309 e. The van der Waals surface area contributed by atoms with Crippen molar-refractivity contribution in [3.8, 4) is 0 Å². The van der Waals surface area contributed by atoms with E-state index in [1.165, 1.54) is 10.9 Å². The molecule has 0 spiro atoms. The van der Waals surface area contributed by atoms with Crippen LogP contribution in [-0.4, -0.2) is 6.54 Å². The zero-order valence-electron chi connectivity index (χ0n) is 10.4. The molecule has 0 saturated heterocycles. The quantitative estimate of drug-likeness (QED) is 0.771. The molecule has 5 heteroatoms. The zero-order valence-corrected chi connectivity index (χ0v) is 13.6. The molecule has 0 saturated carbocycles. The lowest BCUT2D eigenvalue weighted by Gasteiger charge is -2.17. The van der Waals surface area contributed by atoms with Crippen LogP contribution in [0, 0.1) is 5.82 Å². The van der Waals surface area contributed by atoms with Crippen LogP contribution >= 0.6 is 38.9 Å². The van der Waals surface area contributed by atoms with Crippen molar-refractivity contribution in [1.82, 2.24) is 5.32 Å². The Bertz CT molecular complexity index is 538. The summed E-state index contributed by atoms with van der Waals surface area (Å²) in [5.74, 6) is -0.244. The molecule has 2 rings (SSSR count). The first-order valence-electron chi connectivity index (χ1n) is 6.02. The average Bonchev–Trinajstić information content (AvgIpc) is 2.79. The van der Waals surface area contributed by atoms with E-state index in [0.717, 1.165) is 11.0 Å². The molecule has 1 nitrogen and oxygen atoms in total. The molecule has 0 bridgehead atoms. The Labute approximate surface area is 129 Å². The summed E-state index contributed by atoms with van der Waals surface area (Å²) >= 11 is 11.2. The lowest BCUT2D eigenvalue weighted by atomic mass is 10.0. The fourth-order valence-electron chi connectivity index (χ4n) is 1.96. The Morgan fingerprint density at radius 3 is 2.84 bits per heavy atom. The molecule has 0 amide bonds. The molecule has 1 atom stereocenters. The van der Waals surface area contributed by atoms with Gasteiger partial charge in [0.05, 0.1) is 0 Å². The molecular weight excluding hydrogens is 349 g/mol. The minimum atomic E-state index is -0.244. The van der Waals surface area contributed by atoms with Crippen molar-refractivity contribution in [2.24, 2.45) is 0 Å². The van der Waals surface area contributed by atoms with Crippen LogP contribution in [0.4, 0.5) is 4.39 Å². The van der Waals surface area contributed by atoms with Gasteiger partial charge in [0.2, 0.25) is 0 Å². The molecule has 2 aromatic rings. The summed E-state index contributed by atoms with van der Waals surface area (Å²) in [6.45, 7) is 2.87. The zero-order chi connectivity index (χ0) is 13.8. The van der Waals surface area contributed by atoms with Gasteiger partial charge < -0.3 is 5.32 Å². The lowest BCUT2D eigenvalue weighted by molar-refractivity contribution is 0.534. The number of halogens is 3. The molecular formula is C14H14BrClFNS. The van der Waals surface area contributed by atoms with E-state index in [-0.39, 0.29) is 11.9 Å². The highest BCUT2D eigenvalue weighted by Gasteiger charge is 2.17. The van der Waals surface area contributed by atoms with Gasteiger partial charge >= 0.3 is 0 Å². The average molecular weight is 363 g/mol. The van der Waals surface area contributed by atoms with E-state index >= 15 is 0 Å². The predicted molar refractivity (Wildman–Crippen MR) is 83.6 cm³/mol. The van der Waals surface area contributed by atoms with Crippen molar-refractivity contribution < 1.29 is 4.39 Å². The molecule has 0 aliphatic rings. The Morgan fingerprint density at radius 1 is 1.47 bits per heavy atom. The minimum absolute atomic E-state index is 0.0794. The Morgan fingerprint density at radius 2 is 2.26 bits per heavy atom. The van der Waals surface area contributed by atoms with Crippen molar-refractivity contribution in [1.29, 1.82) is 0 Å². The van der Waals surface area contributed by atoms with Crippen molar-refractivity contribution in [2.75, 3.05) is 6.54 Å². The molecule has 1 aromatic heterocycles. The first kappa shape index (κ1) is 15.0. The van der Waals surface area contributed by atoms with E-state index in [0.29, 0.717) is 17.0 Å². The first-order valence-corrected chi connectivity index (χ1v) is 8.07. The molecule has 102 valence electrons. The fourth-order valence-corrected chi connectivity index (χ4v) is 3.72. The third-order valence-electron chi connectivity index (χ3n) is 2.85. The molecule has 0 fully saturated rings. The molecule has 0 radical (unpaired) electrons. The maximum atomic E-state index is 13.9. The van der Waals surface area contributed by atoms with Crippen LogP contribution in [0.25, 0.3) is 0 Å². The van der Waals surface area contributed by atoms with Crippen LogP contribution in [-0.2, 0) is 6.42 Å². The predicted octanol–water partition coefficient (Wildman–Crippen LogP) is 5.20. The third-order valence-corrected chi connectivity index (χ3v) is 5.01. The molecule has 1 heterocycles. The number of hydrogen-bond donors (Lipinski definition) is 1. The maximum Gasteiger partial charge on any atom is 0.127 e. The summed E-state index contributed by atoms with van der Waals surface area (Å²) in [7, 11) is 0. The van der Waals surface area contributed by atoms with Crippen LogP contribution < -0.4 is 5.32 Å². The van der Waals surface area contributed by atoms with Gasteiger partial charge in [0.15, 0.2) is 0 Å². The monoisotopic (exact) mass is 361 g/mol. The Hall–Kier alpha value is -0.420. The van der Waals surface area contributed by atoms with Crippen LogP contribution in [0.5, 0.6) is 0 Å². The number of likely N-dealkylation sites (N-methyl/N-ethyl adjacent to an activating group) is 1. The highest BCUT2D eigenvalue weighted by Crippen LogP contribution is 2.30. The second-order valence-corrected chi connectivity index (χ2v) is 6.45. The summed E-state index contributed by atoms with van der Waals surface area (Å²) in [5, 5.41) is 5.89. The smallest absolute Gasteiger partial charge is 0.127 e. The van der Waals surface area contributed by atoms with E-state index in [9.17, 15) is 4.39 Å². The van der Waals surface area contributed by atoms with Gasteiger partial charge in [-0.1, -0.05) is 24.6 Å². The molecule has 0 aliphatic heterocycles. The SMILES string of the molecule is CCNC(Cc1c(F)cccc1Cl)c1cc(Br)cs1. The summed E-state index contributed by atoms with van der Waals surface area (Å²) in [5.41, 5.74) is 0.569. The van der Waals surface area contributed by atoms with Gasteiger partial charge in [-0.2, -0.15) is 0 Å². The molecule has 1 aromatic carbocycles. The van der Waals surface area contributed by atoms with E-state index in [1.807, 2.05) is 12.3 Å². The second kappa shape index (κ2) is 6.84. The maximum absolute atomic E-state index is 13.9. The van der Waals surface area contributed by atoms with Crippen LogP contribution in [0.15, 0.2) is 34.1 Å². The third kappa shape index (κ3) is 3.78. The van der Waals surface area contributed by atoms with Crippen molar-refractivity contribution >= 4 is 38.9 Å². The fraction of sp³-hybridized carbons (Fsp3) is 0.286. The van der Waals surface area contributed by atoms with Crippen molar-refractivity contribution in [2.45, 2.75) is 19.4 Å². The Kier molecular flexibility index (Phi) is 5.39. The van der Waals surface area contributed by atoms with E-state index < -0.39 is 0 Å². The first-order chi connectivity index (χ1) is 9.11. The van der Waals surface area contributed by atoms with Gasteiger partial charge in [0.1, 0.15) is 5.82 Å². The van der Waals surface area contributed by atoms with Gasteiger partial charge in [-0.05, 0) is 47.1 Å². The number of nitrogens with one attached hydrogen (secondary N) is 1. The standard InChI is InChI=1S/C14H14BrClFNS/c1-2-18-13(14-6-9(15)8-19-14)7-10-11(16)4-3-5-12(10)17/h3-6,8,13,18H,2,7H2,1H3. The van der Waals surface area contributed by atoms with Crippen LogP contribution in [0.3, 0.4) is 0 Å². The summed E-state index contributed by atoms with van der Waals surface area (Å²) in [6, 6.07) is 6.95. The molecule has 19 heavy (non-hydrogen) atoms. The molecule has 0 aliphatic carbocycles. The second-order valence-electron chi connectivity index (χ2n) is 4.18. The lowest BCUT2D eigenvalue weighted by Crippen LogP contribution is -2.22. The van der Waals surface area contributed by atoms with E-state index in [4.69, 9.17) is 11.6 Å². The van der Waals surface area contributed by atoms with Crippen molar-refractivity contribution in [3.63, 3.8) is 0 Å². The van der Waals surface area contributed by atoms with Crippen LogP contribution in [0.2, 0.25) is 5.02 Å². The number of benzene rings is 1. The number of rotatable bonds is 5. The van der Waals surface area contributed by atoms with Gasteiger partial charge in [0, 0.05) is 31.4 Å². The molecule has 1 N–H and O–H groups in total. The number of thiophene rings is 1. The van der Waals surface area contributed by atoms with Crippen LogP contribution in [0.1, 0.15) is 23.4 Å². The molecule has 1 unspecified atom stereocenters. The highest BCUT2D eigenvalue weighted by atomic mass is 79.9. The van der Waals surface area contributed by atoms with E-state index in [2.05, 4.69) is 27.3 Å². The van der Waals surface area contributed by atoms with Gasteiger partial charge in [-0.25, -0.2) is 4.39 Å². The summed E-state index contributed by atoms with van der Waals surface area (Å²) in [6.07, 6.45) is 0.548. The Balaban J connectivity index is 2.26. The van der Waals surface area contributed by atoms with E-state index in [1.54, 1.807) is 23.5 Å². The number of hydrogen-bond acceptors (Lipinski definition) is 2. The highest BCUT2D eigenvalue weighted by molar-refractivity contribution is 9.10. The summed E-state index contributed by atoms with van der Waals surface area (Å²) < 4.78 is 14.9. The van der Waals surface area contributed by atoms with Crippen molar-refractivity contribution in [3.05, 3.63) is 55.4 Å². The van der Waals surface area contributed by atoms with Gasteiger partial charge in [-0.3, -0.25) is 0 Å². The van der Waals surface area contributed by atoms with Gasteiger partial charge in [0.25, 0.3) is 0 Å². The largest absolute Gasteiger partial charge is 0.309 e. The van der Waals surface area contributed by atoms with Gasteiger partial charge in [-0.15, -0.1) is 11.3 Å². The normalized spacial score (nSPS) is 12.6. The topological polar surface area (TPSA) is 12.0 Å². The summed E-state index contributed by atoms with van der Waals surface area (Å²) in [4.78, 5) is 1.17.